The summed E-state index contributed by atoms with van der Waals surface area (Å²) in [6, 6.07) is 14.4. The molecule has 0 bridgehead atoms. The van der Waals surface area contributed by atoms with Crippen LogP contribution in [0.2, 0.25) is 0 Å². The molecule has 0 aliphatic heterocycles. The topological polar surface area (TPSA) is 114 Å². The number of ether oxygens (including phenoxy) is 5. The second kappa shape index (κ2) is 17.9. The first kappa shape index (κ1) is 36.8. The average molecular weight is 653 g/mol. The molecule has 0 spiro atoms. The summed E-state index contributed by atoms with van der Waals surface area (Å²) in [5, 5.41) is 0. The number of ketones is 2. The third kappa shape index (κ3) is 10.4. The number of allylic oxidation sites excluding steroid dienone is 6. The number of carbonyl (C=O) groups excluding carboxylic acids is 4. The van der Waals surface area contributed by atoms with Gasteiger partial charge in [-0.15, -0.1) is 0 Å². The summed E-state index contributed by atoms with van der Waals surface area (Å²) in [6.45, 7) is 8.61. The molecule has 250 valence electrons. The highest BCUT2D eigenvalue weighted by Crippen LogP contribution is 2.29. The summed E-state index contributed by atoms with van der Waals surface area (Å²) in [6.07, 6.45) is 10.8. The molecule has 0 heterocycles. The summed E-state index contributed by atoms with van der Waals surface area (Å²) >= 11 is 0. The van der Waals surface area contributed by atoms with Gasteiger partial charge >= 0.3 is 11.9 Å². The molecule has 9 heteroatoms. The maximum atomic E-state index is 12.9. The zero-order valence-corrected chi connectivity index (χ0v) is 28.2. The Bertz CT molecular complexity index is 1780. The molecule has 0 unspecified atom stereocenters. The lowest BCUT2D eigenvalue weighted by molar-refractivity contribution is -0.161. The minimum atomic E-state index is -0.871. The molecule has 0 atom stereocenters. The van der Waals surface area contributed by atoms with E-state index in [0.717, 1.165) is 33.6 Å². The first-order valence-electron chi connectivity index (χ1n) is 15.1. The Hall–Kier alpha value is -5.70. The highest BCUT2D eigenvalue weighted by Gasteiger charge is 2.23. The van der Waals surface area contributed by atoms with Crippen molar-refractivity contribution in [1.82, 2.24) is 0 Å². The van der Waals surface area contributed by atoms with E-state index in [2.05, 4.69) is 13.0 Å². The van der Waals surface area contributed by atoms with Crippen molar-refractivity contribution >= 4 is 29.6 Å². The van der Waals surface area contributed by atoms with Crippen LogP contribution in [-0.2, 0) is 19.1 Å². The first-order chi connectivity index (χ1) is 22.9. The van der Waals surface area contributed by atoms with E-state index in [1.807, 2.05) is 45.1 Å². The van der Waals surface area contributed by atoms with Crippen molar-refractivity contribution in [2.45, 2.75) is 34.6 Å². The van der Waals surface area contributed by atoms with Crippen LogP contribution in [0.15, 0.2) is 96.1 Å². The molecule has 3 aromatic rings. The molecule has 9 nitrogen and oxygen atoms in total. The van der Waals surface area contributed by atoms with Crippen LogP contribution in [0.3, 0.4) is 0 Å². The lowest BCUT2D eigenvalue weighted by Gasteiger charge is -2.13. The number of aryl methyl sites for hydroxylation is 1. The fourth-order valence-corrected chi connectivity index (χ4v) is 4.54. The van der Waals surface area contributed by atoms with Gasteiger partial charge in [0.2, 0.25) is 18.4 Å². The number of methoxy groups -OCH3 is 2. The minimum absolute atomic E-state index is 0.0143. The van der Waals surface area contributed by atoms with Gasteiger partial charge in [0.15, 0.2) is 6.61 Å². The molecule has 48 heavy (non-hydrogen) atoms. The van der Waals surface area contributed by atoms with Crippen LogP contribution in [0.1, 0.15) is 56.8 Å². The van der Waals surface area contributed by atoms with Crippen LogP contribution in [0.25, 0.3) is 6.08 Å². The lowest BCUT2D eigenvalue weighted by Crippen LogP contribution is -2.19. The van der Waals surface area contributed by atoms with E-state index >= 15 is 0 Å². The first-order valence-corrected chi connectivity index (χ1v) is 15.1. The van der Waals surface area contributed by atoms with Crippen LogP contribution >= 0.6 is 0 Å². The van der Waals surface area contributed by atoms with Crippen LogP contribution < -0.4 is 14.2 Å². The fraction of sp³-hybridized carbons (Fsp3) is 0.231. The molecule has 0 fully saturated rings. The highest BCUT2D eigenvalue weighted by molar-refractivity contribution is 6.49. The standard InChI is InChI=1S/C39H40O9/c1-25(16-18-32-27(3)21-34(45-7)29(5)28(32)4)12-11-13-26(2)20-36(40)46-23-37(41)48-24-47-35-22-31(44-6)17-19-33(35)39(43)38(42)30-14-9-8-10-15-30/h8-22H,23-24H2,1-7H3/b13-11+,18-16+,25-12+,26-20+. The van der Waals surface area contributed by atoms with Gasteiger partial charge in [-0.1, -0.05) is 66.3 Å². The minimum Gasteiger partial charge on any atom is -0.497 e. The Labute approximate surface area is 281 Å². The molecular formula is C39H40O9. The molecule has 0 N–H and O–H groups in total. The van der Waals surface area contributed by atoms with Crippen molar-refractivity contribution in [3.63, 3.8) is 0 Å². The largest absolute Gasteiger partial charge is 0.497 e. The Morgan fingerprint density at radius 2 is 1.48 bits per heavy atom. The van der Waals surface area contributed by atoms with Gasteiger partial charge in [-0.05, 0) is 80.6 Å². The quantitative estimate of drug-likeness (QED) is 0.0417. The molecule has 3 rings (SSSR count). The number of esters is 2. The Kier molecular flexibility index (Phi) is 13.7. The van der Waals surface area contributed by atoms with Gasteiger partial charge in [0.05, 0.1) is 19.8 Å². The monoisotopic (exact) mass is 652 g/mol. The van der Waals surface area contributed by atoms with E-state index < -0.39 is 36.9 Å². The summed E-state index contributed by atoms with van der Waals surface area (Å²) < 4.78 is 26.1. The molecule has 0 saturated carbocycles. The van der Waals surface area contributed by atoms with Gasteiger partial charge in [-0.25, -0.2) is 9.59 Å². The number of rotatable bonds is 15. The van der Waals surface area contributed by atoms with E-state index in [-0.39, 0.29) is 16.9 Å². The molecule has 0 amide bonds. The van der Waals surface area contributed by atoms with Crippen LogP contribution in [-0.4, -0.2) is 51.1 Å². The van der Waals surface area contributed by atoms with Gasteiger partial charge < -0.3 is 23.7 Å². The van der Waals surface area contributed by atoms with Crippen LogP contribution in [0.5, 0.6) is 17.2 Å². The lowest BCUT2D eigenvalue weighted by atomic mass is 9.96. The Balaban J connectivity index is 1.50. The zero-order valence-electron chi connectivity index (χ0n) is 28.2. The van der Waals surface area contributed by atoms with Crippen molar-refractivity contribution in [1.29, 1.82) is 0 Å². The average Bonchev–Trinajstić information content (AvgIpc) is 3.08. The van der Waals surface area contributed by atoms with E-state index in [1.165, 1.54) is 43.5 Å². The zero-order chi connectivity index (χ0) is 35.2. The van der Waals surface area contributed by atoms with Crippen LogP contribution in [0, 0.1) is 20.8 Å². The van der Waals surface area contributed by atoms with Crippen molar-refractivity contribution in [3.8, 4) is 17.2 Å². The number of hydrogen-bond acceptors (Lipinski definition) is 9. The summed E-state index contributed by atoms with van der Waals surface area (Å²) in [4.78, 5) is 50.0. The normalized spacial score (nSPS) is 11.8. The smallest absolute Gasteiger partial charge is 0.347 e. The maximum Gasteiger partial charge on any atom is 0.347 e. The molecule has 3 aromatic carbocycles. The molecule has 0 radical (unpaired) electrons. The van der Waals surface area contributed by atoms with Gasteiger partial charge in [0, 0.05) is 17.7 Å². The Morgan fingerprint density at radius 3 is 2.17 bits per heavy atom. The van der Waals surface area contributed by atoms with Crippen molar-refractivity contribution in [2.75, 3.05) is 27.6 Å². The van der Waals surface area contributed by atoms with E-state index in [4.69, 9.17) is 23.7 Å². The molecule has 0 aliphatic carbocycles. The highest BCUT2D eigenvalue weighted by atomic mass is 16.7. The summed E-state index contributed by atoms with van der Waals surface area (Å²) in [7, 11) is 3.10. The van der Waals surface area contributed by atoms with Gasteiger partial charge in [0.1, 0.15) is 17.2 Å². The third-order valence-corrected chi connectivity index (χ3v) is 7.35. The maximum absolute atomic E-state index is 12.9. The molecule has 0 aromatic heterocycles. The summed E-state index contributed by atoms with van der Waals surface area (Å²) in [5.74, 6) is -1.90. The van der Waals surface area contributed by atoms with Crippen molar-refractivity contribution < 1.29 is 42.9 Å². The van der Waals surface area contributed by atoms with Gasteiger partial charge in [-0.3, -0.25) is 9.59 Å². The Morgan fingerprint density at radius 1 is 0.750 bits per heavy atom. The number of Topliss-reactive ketones (excluding diaryl/α,β-unsaturated/α-hetero) is 2. The molecular weight excluding hydrogens is 612 g/mol. The van der Waals surface area contributed by atoms with Crippen LogP contribution in [0.4, 0.5) is 0 Å². The number of hydrogen-bond donors (Lipinski definition) is 0. The third-order valence-electron chi connectivity index (χ3n) is 7.35. The molecule has 0 saturated heterocycles. The molecule has 0 aliphatic rings. The SMILES string of the molecule is COc1ccc(C(=O)C(=O)c2ccccc2)c(OCOC(=O)COC(=O)/C=C(C)/C=C/C=C(C)/C=C/c2c(C)cc(OC)c(C)c2C)c1. The van der Waals surface area contributed by atoms with E-state index in [1.54, 1.807) is 38.3 Å². The van der Waals surface area contributed by atoms with E-state index in [9.17, 15) is 19.2 Å². The van der Waals surface area contributed by atoms with E-state index in [0.29, 0.717) is 11.3 Å². The van der Waals surface area contributed by atoms with Crippen molar-refractivity contribution in [3.05, 3.63) is 130 Å². The second-order valence-electron chi connectivity index (χ2n) is 10.8. The number of benzene rings is 3. The van der Waals surface area contributed by atoms with Gasteiger partial charge in [-0.2, -0.15) is 0 Å². The number of carbonyl (C=O) groups is 4. The van der Waals surface area contributed by atoms with Crippen molar-refractivity contribution in [2.24, 2.45) is 0 Å². The predicted octanol–water partition coefficient (Wildman–Crippen LogP) is 7.28. The summed E-state index contributed by atoms with van der Waals surface area (Å²) in [5.41, 5.74) is 6.35. The van der Waals surface area contributed by atoms with Gasteiger partial charge in [0.25, 0.3) is 0 Å². The predicted molar refractivity (Wildman–Crippen MR) is 184 cm³/mol. The fourth-order valence-electron chi connectivity index (χ4n) is 4.54. The second-order valence-corrected chi connectivity index (χ2v) is 10.8.